The number of halogens is 1. The molecule has 2 amide bonds. The van der Waals surface area contributed by atoms with Gasteiger partial charge < -0.3 is 29.4 Å². The van der Waals surface area contributed by atoms with E-state index in [1.54, 1.807) is 11.0 Å². The van der Waals surface area contributed by atoms with Crippen molar-refractivity contribution in [1.29, 1.82) is 5.26 Å². The molecule has 0 atom stereocenters. The fourth-order valence-electron chi connectivity index (χ4n) is 5.37. The van der Waals surface area contributed by atoms with Crippen LogP contribution in [0.2, 0.25) is 5.02 Å². The molecular formula is C35H37ClN8Na2O9S2. The third kappa shape index (κ3) is 13.1. The van der Waals surface area contributed by atoms with Crippen molar-refractivity contribution in [2.24, 2.45) is 10.2 Å². The number of azo groups is 1. The predicted molar refractivity (Wildman–Crippen MR) is 203 cm³/mol. The zero-order valence-electron chi connectivity index (χ0n) is 32.6. The zero-order valence-corrected chi connectivity index (χ0v) is 39.0. The molecule has 4 aromatic rings. The van der Waals surface area contributed by atoms with Gasteiger partial charge in [-0.1, -0.05) is 38.4 Å². The summed E-state index contributed by atoms with van der Waals surface area (Å²) in [7, 11) is -7.81. The van der Waals surface area contributed by atoms with E-state index in [-0.39, 0.29) is 117 Å². The van der Waals surface area contributed by atoms with Crippen molar-refractivity contribution in [3.05, 3.63) is 76.4 Å². The summed E-state index contributed by atoms with van der Waals surface area (Å²) in [5.74, 6) is -1.43. The van der Waals surface area contributed by atoms with Crippen LogP contribution in [0.15, 0.2) is 69.7 Å². The smallest absolute Gasteiger partial charge is 0.748 e. The van der Waals surface area contributed by atoms with Gasteiger partial charge in [0.15, 0.2) is 5.82 Å². The number of nitrogens with one attached hydrogen (secondary N) is 2. The number of hydrogen-bond acceptors (Lipinski definition) is 14. The number of methoxy groups -OCH3 is 1. The van der Waals surface area contributed by atoms with Crippen molar-refractivity contribution in [2.75, 3.05) is 41.5 Å². The van der Waals surface area contributed by atoms with Crippen molar-refractivity contribution < 1.29 is 99.4 Å². The molecule has 0 saturated carbocycles. The second kappa shape index (κ2) is 20.5. The molecule has 2 N–H and O–H groups in total. The summed E-state index contributed by atoms with van der Waals surface area (Å²) >= 11 is 6.72. The second-order valence-corrected chi connectivity index (χ2v) is 16.4. The summed E-state index contributed by atoms with van der Waals surface area (Å²) in [6.07, 6.45) is 0.0511. The number of hydrogen-bond donors (Lipinski definition) is 2. The average Bonchev–Trinajstić information content (AvgIpc) is 3.47. The fourth-order valence-corrected chi connectivity index (χ4v) is 6.63. The summed E-state index contributed by atoms with van der Waals surface area (Å²) in [6, 6.07) is 14.3. The molecule has 0 aliphatic rings. The number of anilines is 3. The molecule has 0 aliphatic heterocycles. The Hall–Kier alpha value is -3.39. The van der Waals surface area contributed by atoms with Crippen molar-refractivity contribution >= 4 is 72.2 Å². The van der Waals surface area contributed by atoms with E-state index in [1.165, 1.54) is 55.1 Å². The molecule has 22 heteroatoms. The SMILES string of the molecule is CCN(CCCS(=O)(=O)[O-])c1cc(NC(C)=O)c(N=Nc2c(C#N)c(C(C)(C)C)nn2-c2ccc(NC(=O)c3cccc(S(=O)(=O)[O-])c3)cc2Cl)cc1OC.[Na+].[Na+]. The van der Waals surface area contributed by atoms with E-state index in [4.69, 9.17) is 16.3 Å². The molecule has 0 spiro atoms. The Morgan fingerprint density at radius 3 is 2.26 bits per heavy atom. The van der Waals surface area contributed by atoms with Crippen LogP contribution >= 0.6 is 11.6 Å². The van der Waals surface area contributed by atoms with Crippen LogP contribution in [-0.2, 0) is 30.4 Å². The van der Waals surface area contributed by atoms with E-state index in [1.807, 2.05) is 27.7 Å². The number of carbonyl (C=O) groups excluding carboxylic acids is 2. The number of carbonyl (C=O) groups is 2. The third-order valence-corrected chi connectivity index (χ3v) is 9.83. The number of nitriles is 1. The van der Waals surface area contributed by atoms with Crippen molar-refractivity contribution in [1.82, 2.24) is 9.78 Å². The Kier molecular flexibility index (Phi) is 17.9. The van der Waals surface area contributed by atoms with Crippen molar-refractivity contribution in [3.8, 4) is 17.5 Å². The van der Waals surface area contributed by atoms with Crippen LogP contribution in [0.1, 0.15) is 62.7 Å². The second-order valence-electron chi connectivity index (χ2n) is 13.0. The number of benzene rings is 3. The molecule has 0 fully saturated rings. The first-order valence-electron chi connectivity index (χ1n) is 16.5. The van der Waals surface area contributed by atoms with Gasteiger partial charge in [0.25, 0.3) is 5.91 Å². The number of rotatable bonds is 14. The molecule has 1 aromatic heterocycles. The van der Waals surface area contributed by atoms with Gasteiger partial charge in [-0.25, -0.2) is 21.5 Å². The van der Waals surface area contributed by atoms with Crippen LogP contribution < -0.4 is 79.4 Å². The Morgan fingerprint density at radius 1 is 1.04 bits per heavy atom. The number of aromatic nitrogens is 2. The maximum Gasteiger partial charge on any atom is 1.00 e. The third-order valence-electron chi connectivity index (χ3n) is 7.91. The van der Waals surface area contributed by atoms with Crippen molar-refractivity contribution in [3.63, 3.8) is 0 Å². The molecule has 1 heterocycles. The van der Waals surface area contributed by atoms with Crippen LogP contribution in [0.25, 0.3) is 5.69 Å². The fraction of sp³-hybridized carbons (Fsp3) is 0.314. The van der Waals surface area contributed by atoms with Gasteiger partial charge in [0.1, 0.15) is 33.2 Å². The quantitative estimate of drug-likeness (QED) is 0.0967. The summed E-state index contributed by atoms with van der Waals surface area (Å²) in [6.45, 7) is 9.25. The number of ether oxygens (including phenoxy) is 1. The van der Waals surface area contributed by atoms with Gasteiger partial charge in [0, 0.05) is 48.5 Å². The number of nitrogens with zero attached hydrogens (tertiary/aromatic N) is 6. The maximum atomic E-state index is 12.9. The number of amides is 2. The molecule has 57 heavy (non-hydrogen) atoms. The van der Waals surface area contributed by atoms with Crippen LogP contribution in [-0.4, -0.2) is 73.5 Å². The maximum absolute atomic E-state index is 12.9. The van der Waals surface area contributed by atoms with Gasteiger partial charge in [0.05, 0.1) is 49.9 Å². The minimum Gasteiger partial charge on any atom is -0.748 e. The summed E-state index contributed by atoms with van der Waals surface area (Å²) in [5.41, 5.74) is 0.968. The van der Waals surface area contributed by atoms with E-state index in [0.29, 0.717) is 23.7 Å². The Balaban J connectivity index is 0.00000561. The van der Waals surface area contributed by atoms with E-state index in [0.717, 1.165) is 12.1 Å². The van der Waals surface area contributed by atoms with Gasteiger partial charge >= 0.3 is 59.1 Å². The van der Waals surface area contributed by atoms with Crippen LogP contribution in [0.5, 0.6) is 5.75 Å². The minimum atomic E-state index is -4.79. The van der Waals surface area contributed by atoms with Gasteiger partial charge in [0.2, 0.25) is 5.91 Å². The summed E-state index contributed by atoms with van der Waals surface area (Å²) in [5, 5.41) is 29.2. The first-order valence-corrected chi connectivity index (χ1v) is 19.8. The van der Waals surface area contributed by atoms with Crippen molar-refractivity contribution in [2.45, 2.75) is 51.3 Å². The van der Waals surface area contributed by atoms with Gasteiger partial charge in [-0.15, -0.1) is 10.2 Å². The monoisotopic (exact) mass is 858 g/mol. The molecule has 0 aliphatic carbocycles. The average molecular weight is 859 g/mol. The molecule has 4 rings (SSSR count). The molecule has 0 unspecified atom stereocenters. The molecule has 0 bridgehead atoms. The van der Waals surface area contributed by atoms with E-state index >= 15 is 0 Å². The minimum absolute atomic E-state index is 0. The molecule has 0 saturated heterocycles. The van der Waals surface area contributed by atoms with E-state index in [9.17, 15) is 40.8 Å². The van der Waals surface area contributed by atoms with Crippen LogP contribution in [0, 0.1) is 11.3 Å². The summed E-state index contributed by atoms with van der Waals surface area (Å²) in [4.78, 5) is 26.4. The molecule has 292 valence electrons. The Morgan fingerprint density at radius 2 is 1.72 bits per heavy atom. The summed E-state index contributed by atoms with van der Waals surface area (Å²) < 4.78 is 74.9. The van der Waals surface area contributed by atoms with E-state index < -0.39 is 48.1 Å². The molecule has 0 radical (unpaired) electrons. The van der Waals surface area contributed by atoms with Crippen LogP contribution in [0.3, 0.4) is 0 Å². The molecular weight excluding hydrogens is 822 g/mol. The normalized spacial score (nSPS) is 11.6. The first-order chi connectivity index (χ1) is 25.7. The first kappa shape index (κ1) is 49.8. The predicted octanol–water partition coefficient (Wildman–Crippen LogP) is 0.00328. The largest absolute Gasteiger partial charge is 1.00 e. The molecule has 17 nitrogen and oxygen atoms in total. The van der Waals surface area contributed by atoms with E-state index in [2.05, 4.69) is 32.0 Å². The van der Waals surface area contributed by atoms with Crippen LogP contribution in [0.4, 0.5) is 28.6 Å². The standard InChI is InChI=1S/C35H39ClN8O9S2.2Na/c1-7-43(14-9-15-54(47,48)49)30-18-27(38-21(2)45)28(19-31(30)53-6)40-41-33-25(20-37)32(35(3,4)5)42-44(33)29-13-12-23(17-26(29)36)39-34(46)22-10-8-11-24(16-22)55(50,51)52;;/h8,10-13,16-19H,7,9,14-15H2,1-6H3,(H,38,45)(H,39,46)(H,47,48,49)(H,50,51,52);;/q;2*+1/p-2. The zero-order chi connectivity index (χ0) is 40.9. The Bertz CT molecular complexity index is 2430. The Labute approximate surface area is 380 Å². The van der Waals surface area contributed by atoms with Gasteiger partial charge in [-0.2, -0.15) is 10.4 Å². The topological polar surface area (TPSA) is 251 Å². The van der Waals surface area contributed by atoms with Gasteiger partial charge in [-0.3, -0.25) is 9.59 Å². The van der Waals surface area contributed by atoms with Gasteiger partial charge in [-0.05, 0) is 55.8 Å². The molecule has 3 aromatic carbocycles.